The number of hydrogen-bond acceptors (Lipinski definition) is 3. The average Bonchev–Trinajstić information content (AvgIpc) is 2.46. The van der Waals surface area contributed by atoms with E-state index in [1.165, 1.54) is 5.56 Å². The van der Waals surface area contributed by atoms with Gasteiger partial charge in [-0.3, -0.25) is 0 Å². The third-order valence-electron chi connectivity index (χ3n) is 3.10. The summed E-state index contributed by atoms with van der Waals surface area (Å²) in [7, 11) is 1.69. The quantitative estimate of drug-likeness (QED) is 0.861. The molecule has 0 heterocycles. The Morgan fingerprint density at radius 1 is 1.10 bits per heavy atom. The van der Waals surface area contributed by atoms with Gasteiger partial charge in [0.05, 0.1) is 13.7 Å². The highest BCUT2D eigenvalue weighted by atomic mass is 16.5. The normalized spacial score (nSPS) is 10.2. The predicted molar refractivity (Wildman–Crippen MR) is 82.7 cm³/mol. The Morgan fingerprint density at radius 3 is 2.65 bits per heavy atom. The maximum absolute atomic E-state index is 5.49. The molecule has 3 nitrogen and oxygen atoms in total. The molecule has 0 spiro atoms. The van der Waals surface area contributed by atoms with Crippen molar-refractivity contribution in [3.8, 4) is 11.5 Å². The molecular formula is C17H21NO2. The molecule has 3 heteroatoms. The number of benzene rings is 2. The van der Waals surface area contributed by atoms with Crippen LogP contribution in [-0.4, -0.2) is 13.7 Å². The molecule has 0 atom stereocenters. The standard InChI is InChI=1S/C17H21NO2/c1-4-20-16-7-5-6-15(11-16)18-12-14-8-9-17(19-3)13(2)10-14/h5-11,18H,4,12H2,1-3H3. The summed E-state index contributed by atoms with van der Waals surface area (Å²) in [5.41, 5.74) is 3.43. The van der Waals surface area contributed by atoms with E-state index >= 15 is 0 Å². The van der Waals surface area contributed by atoms with Crippen molar-refractivity contribution in [1.29, 1.82) is 0 Å². The first-order valence-electron chi connectivity index (χ1n) is 6.83. The van der Waals surface area contributed by atoms with Crippen molar-refractivity contribution < 1.29 is 9.47 Å². The van der Waals surface area contributed by atoms with Gasteiger partial charge in [0.25, 0.3) is 0 Å². The molecule has 0 fully saturated rings. The van der Waals surface area contributed by atoms with Gasteiger partial charge < -0.3 is 14.8 Å². The first-order valence-corrected chi connectivity index (χ1v) is 6.83. The molecule has 20 heavy (non-hydrogen) atoms. The summed E-state index contributed by atoms with van der Waals surface area (Å²) in [4.78, 5) is 0. The second-order valence-corrected chi connectivity index (χ2v) is 4.62. The predicted octanol–water partition coefficient (Wildman–Crippen LogP) is 4.01. The smallest absolute Gasteiger partial charge is 0.121 e. The van der Waals surface area contributed by atoms with Gasteiger partial charge in [0, 0.05) is 18.3 Å². The van der Waals surface area contributed by atoms with Crippen LogP contribution in [0.4, 0.5) is 5.69 Å². The van der Waals surface area contributed by atoms with E-state index in [4.69, 9.17) is 9.47 Å². The molecule has 2 rings (SSSR count). The van der Waals surface area contributed by atoms with Crippen LogP contribution in [0.15, 0.2) is 42.5 Å². The highest BCUT2D eigenvalue weighted by Gasteiger charge is 2.01. The lowest BCUT2D eigenvalue weighted by atomic mass is 10.1. The van der Waals surface area contributed by atoms with Crippen LogP contribution in [0.1, 0.15) is 18.1 Å². The van der Waals surface area contributed by atoms with E-state index in [1.807, 2.05) is 37.3 Å². The minimum Gasteiger partial charge on any atom is -0.496 e. The highest BCUT2D eigenvalue weighted by Crippen LogP contribution is 2.21. The van der Waals surface area contributed by atoms with Crippen molar-refractivity contribution >= 4 is 5.69 Å². The number of hydrogen-bond donors (Lipinski definition) is 1. The molecule has 2 aromatic rings. The first-order chi connectivity index (χ1) is 9.72. The van der Waals surface area contributed by atoms with E-state index in [9.17, 15) is 0 Å². The lowest BCUT2D eigenvalue weighted by molar-refractivity contribution is 0.340. The molecular weight excluding hydrogens is 250 g/mol. The average molecular weight is 271 g/mol. The SMILES string of the molecule is CCOc1cccc(NCc2ccc(OC)c(C)c2)c1. The van der Waals surface area contributed by atoms with Gasteiger partial charge in [0.1, 0.15) is 11.5 Å². The maximum atomic E-state index is 5.49. The van der Waals surface area contributed by atoms with Crippen molar-refractivity contribution in [1.82, 2.24) is 0 Å². The molecule has 2 aromatic carbocycles. The van der Waals surface area contributed by atoms with Gasteiger partial charge in [0.15, 0.2) is 0 Å². The minimum absolute atomic E-state index is 0.682. The zero-order chi connectivity index (χ0) is 14.4. The second-order valence-electron chi connectivity index (χ2n) is 4.62. The number of anilines is 1. The van der Waals surface area contributed by atoms with Crippen LogP contribution in [0.3, 0.4) is 0 Å². The summed E-state index contributed by atoms with van der Waals surface area (Å²) in [5.74, 6) is 1.82. The van der Waals surface area contributed by atoms with Gasteiger partial charge in [-0.15, -0.1) is 0 Å². The first kappa shape index (κ1) is 14.3. The van der Waals surface area contributed by atoms with Crippen LogP contribution in [0.2, 0.25) is 0 Å². The highest BCUT2D eigenvalue weighted by molar-refractivity contribution is 5.49. The number of aryl methyl sites for hydroxylation is 1. The largest absolute Gasteiger partial charge is 0.496 e. The van der Waals surface area contributed by atoms with E-state index in [0.717, 1.165) is 29.3 Å². The number of rotatable bonds is 6. The molecule has 0 aliphatic carbocycles. The molecule has 0 aliphatic heterocycles. The lowest BCUT2D eigenvalue weighted by Crippen LogP contribution is -2.01. The summed E-state index contributed by atoms with van der Waals surface area (Å²) in [6.45, 7) is 5.50. The van der Waals surface area contributed by atoms with Crippen LogP contribution in [0.25, 0.3) is 0 Å². The van der Waals surface area contributed by atoms with Gasteiger partial charge in [0.2, 0.25) is 0 Å². The van der Waals surface area contributed by atoms with Crippen molar-refractivity contribution in [2.45, 2.75) is 20.4 Å². The molecule has 0 unspecified atom stereocenters. The van der Waals surface area contributed by atoms with Crippen LogP contribution in [0.5, 0.6) is 11.5 Å². The molecule has 0 saturated heterocycles. The molecule has 0 aliphatic rings. The fourth-order valence-corrected chi connectivity index (χ4v) is 2.12. The van der Waals surface area contributed by atoms with Crippen molar-refractivity contribution in [2.75, 3.05) is 19.0 Å². The van der Waals surface area contributed by atoms with Gasteiger partial charge in [-0.05, 0) is 43.2 Å². The number of methoxy groups -OCH3 is 1. The maximum Gasteiger partial charge on any atom is 0.121 e. The number of nitrogens with one attached hydrogen (secondary N) is 1. The second kappa shape index (κ2) is 6.85. The Hall–Kier alpha value is -2.16. The minimum atomic E-state index is 0.682. The van der Waals surface area contributed by atoms with Crippen molar-refractivity contribution in [2.24, 2.45) is 0 Å². The Bertz CT molecular complexity index is 567. The molecule has 1 N–H and O–H groups in total. The summed E-state index contributed by atoms with van der Waals surface area (Å²) in [5, 5.41) is 3.40. The zero-order valence-corrected chi connectivity index (χ0v) is 12.3. The number of ether oxygens (including phenoxy) is 2. The van der Waals surface area contributed by atoms with E-state index in [0.29, 0.717) is 6.61 Å². The third kappa shape index (κ3) is 3.67. The van der Waals surface area contributed by atoms with Crippen LogP contribution in [0, 0.1) is 6.92 Å². The Morgan fingerprint density at radius 2 is 1.95 bits per heavy atom. The van der Waals surface area contributed by atoms with Gasteiger partial charge in [-0.1, -0.05) is 18.2 Å². The van der Waals surface area contributed by atoms with E-state index in [2.05, 4.69) is 24.4 Å². The third-order valence-corrected chi connectivity index (χ3v) is 3.10. The van der Waals surface area contributed by atoms with Crippen LogP contribution < -0.4 is 14.8 Å². The fourth-order valence-electron chi connectivity index (χ4n) is 2.12. The van der Waals surface area contributed by atoms with Crippen molar-refractivity contribution in [3.05, 3.63) is 53.6 Å². The Labute approximate surface area is 120 Å². The topological polar surface area (TPSA) is 30.5 Å². The fraction of sp³-hybridized carbons (Fsp3) is 0.294. The van der Waals surface area contributed by atoms with E-state index in [-0.39, 0.29) is 0 Å². The Balaban J connectivity index is 2.01. The van der Waals surface area contributed by atoms with Gasteiger partial charge >= 0.3 is 0 Å². The summed E-state index contributed by atoms with van der Waals surface area (Å²) >= 11 is 0. The molecule has 0 bridgehead atoms. The van der Waals surface area contributed by atoms with Crippen LogP contribution in [-0.2, 0) is 6.54 Å². The zero-order valence-electron chi connectivity index (χ0n) is 12.3. The van der Waals surface area contributed by atoms with E-state index in [1.54, 1.807) is 7.11 Å². The molecule has 106 valence electrons. The molecule has 0 saturated carbocycles. The van der Waals surface area contributed by atoms with E-state index < -0.39 is 0 Å². The monoisotopic (exact) mass is 271 g/mol. The van der Waals surface area contributed by atoms with Crippen molar-refractivity contribution in [3.63, 3.8) is 0 Å². The Kier molecular flexibility index (Phi) is 4.88. The molecule has 0 aromatic heterocycles. The summed E-state index contributed by atoms with van der Waals surface area (Å²) in [6.07, 6.45) is 0. The van der Waals surface area contributed by atoms with Crippen LogP contribution >= 0.6 is 0 Å². The summed E-state index contributed by atoms with van der Waals surface area (Å²) in [6, 6.07) is 14.2. The molecule has 0 radical (unpaired) electrons. The molecule has 0 amide bonds. The van der Waals surface area contributed by atoms with Gasteiger partial charge in [-0.2, -0.15) is 0 Å². The lowest BCUT2D eigenvalue weighted by Gasteiger charge is -2.11. The van der Waals surface area contributed by atoms with Gasteiger partial charge in [-0.25, -0.2) is 0 Å². The summed E-state index contributed by atoms with van der Waals surface area (Å²) < 4.78 is 10.8.